The van der Waals surface area contributed by atoms with Crippen molar-refractivity contribution in [1.29, 1.82) is 0 Å². The van der Waals surface area contributed by atoms with Crippen LogP contribution in [0.5, 0.6) is 5.75 Å². The number of methoxy groups -OCH3 is 1. The van der Waals surface area contributed by atoms with Gasteiger partial charge in [0, 0.05) is 20.7 Å². The number of ether oxygens (including phenoxy) is 2. The molecule has 6 heteroatoms. The smallest absolute Gasteiger partial charge is 0.239 e. The SMILES string of the molecule is CO[C@@H]1CN[C@H](C(=O)N(C)CCOc2ccccc2F)C1. The first-order valence-corrected chi connectivity index (χ1v) is 7.00. The molecule has 1 aromatic carbocycles. The van der Waals surface area contributed by atoms with Crippen LogP contribution in [0.2, 0.25) is 0 Å². The van der Waals surface area contributed by atoms with E-state index in [9.17, 15) is 9.18 Å². The van der Waals surface area contributed by atoms with Crippen molar-refractivity contribution in [3.8, 4) is 5.75 Å². The van der Waals surface area contributed by atoms with Gasteiger partial charge in [0.2, 0.25) is 5.91 Å². The number of hydrogen-bond acceptors (Lipinski definition) is 4. The third kappa shape index (κ3) is 4.15. The molecule has 2 atom stereocenters. The number of nitrogens with one attached hydrogen (secondary N) is 1. The first kappa shape index (κ1) is 15.7. The molecular weight excluding hydrogens is 275 g/mol. The third-order valence-corrected chi connectivity index (χ3v) is 3.62. The van der Waals surface area contributed by atoms with E-state index in [2.05, 4.69) is 5.32 Å². The van der Waals surface area contributed by atoms with Crippen LogP contribution < -0.4 is 10.1 Å². The molecule has 1 aromatic rings. The Morgan fingerprint density at radius 1 is 1.48 bits per heavy atom. The Kier molecular flexibility index (Phi) is 5.52. The van der Waals surface area contributed by atoms with Crippen LogP contribution in [0.4, 0.5) is 4.39 Å². The molecule has 1 aliphatic heterocycles. The fraction of sp³-hybridized carbons (Fsp3) is 0.533. The van der Waals surface area contributed by atoms with Gasteiger partial charge in [-0.25, -0.2) is 4.39 Å². The molecule has 2 rings (SSSR count). The van der Waals surface area contributed by atoms with Crippen LogP contribution >= 0.6 is 0 Å². The summed E-state index contributed by atoms with van der Waals surface area (Å²) in [6.45, 7) is 1.35. The van der Waals surface area contributed by atoms with Gasteiger partial charge in [0.1, 0.15) is 6.61 Å². The maximum Gasteiger partial charge on any atom is 0.239 e. The zero-order valence-electron chi connectivity index (χ0n) is 12.3. The van der Waals surface area contributed by atoms with Gasteiger partial charge in [-0.15, -0.1) is 0 Å². The van der Waals surface area contributed by atoms with Crippen LogP contribution in [0.25, 0.3) is 0 Å². The number of hydrogen-bond donors (Lipinski definition) is 1. The molecular formula is C15H21FN2O3. The Morgan fingerprint density at radius 3 is 2.90 bits per heavy atom. The van der Waals surface area contributed by atoms with Crippen molar-refractivity contribution in [3.05, 3.63) is 30.1 Å². The maximum atomic E-state index is 13.4. The summed E-state index contributed by atoms with van der Waals surface area (Å²) in [4.78, 5) is 13.8. The van der Waals surface area contributed by atoms with Crippen molar-refractivity contribution in [2.45, 2.75) is 18.6 Å². The van der Waals surface area contributed by atoms with Crippen LogP contribution in [0.15, 0.2) is 24.3 Å². The van der Waals surface area contributed by atoms with E-state index in [1.807, 2.05) is 0 Å². The lowest BCUT2D eigenvalue weighted by atomic mass is 10.2. The molecule has 1 aliphatic rings. The zero-order valence-corrected chi connectivity index (χ0v) is 12.3. The van der Waals surface area contributed by atoms with Crippen molar-refractivity contribution >= 4 is 5.91 Å². The minimum Gasteiger partial charge on any atom is -0.489 e. The number of nitrogens with zero attached hydrogens (tertiary/aromatic N) is 1. The number of para-hydroxylation sites is 1. The van der Waals surface area contributed by atoms with E-state index in [1.165, 1.54) is 6.07 Å². The lowest BCUT2D eigenvalue weighted by Gasteiger charge is -2.21. The number of amides is 1. The minimum absolute atomic E-state index is 0.00619. The summed E-state index contributed by atoms with van der Waals surface area (Å²) in [7, 11) is 3.36. The number of halogens is 1. The molecule has 1 heterocycles. The number of likely N-dealkylation sites (N-methyl/N-ethyl adjacent to an activating group) is 1. The Balaban J connectivity index is 1.75. The molecule has 5 nitrogen and oxygen atoms in total. The van der Waals surface area contributed by atoms with Crippen molar-refractivity contribution < 1.29 is 18.7 Å². The Hall–Kier alpha value is -1.66. The van der Waals surface area contributed by atoms with Gasteiger partial charge in [-0.05, 0) is 18.6 Å². The molecule has 0 unspecified atom stereocenters. The molecule has 0 aromatic heterocycles. The Morgan fingerprint density at radius 2 is 2.24 bits per heavy atom. The minimum atomic E-state index is -0.396. The highest BCUT2D eigenvalue weighted by atomic mass is 19.1. The standard InChI is InChI=1S/C15H21FN2O3/c1-18(15(19)13-9-11(20-2)10-17-13)7-8-21-14-6-4-3-5-12(14)16/h3-6,11,13,17H,7-10H2,1-2H3/t11-,13-/m0/s1. The summed E-state index contributed by atoms with van der Waals surface area (Å²) in [6.07, 6.45) is 0.760. The summed E-state index contributed by atoms with van der Waals surface area (Å²) in [5, 5.41) is 3.14. The van der Waals surface area contributed by atoms with E-state index in [0.717, 1.165) is 0 Å². The van der Waals surface area contributed by atoms with Crippen LogP contribution in [0.3, 0.4) is 0 Å². The zero-order chi connectivity index (χ0) is 15.2. The van der Waals surface area contributed by atoms with Gasteiger partial charge in [0.05, 0.1) is 18.7 Å². The number of rotatable bonds is 6. The fourth-order valence-electron chi connectivity index (χ4n) is 2.30. The van der Waals surface area contributed by atoms with Gasteiger partial charge < -0.3 is 19.7 Å². The predicted molar refractivity (Wildman–Crippen MR) is 76.7 cm³/mol. The summed E-state index contributed by atoms with van der Waals surface area (Å²) in [6, 6.07) is 6.01. The number of carbonyl (C=O) groups excluding carboxylic acids is 1. The van der Waals surface area contributed by atoms with E-state index in [4.69, 9.17) is 9.47 Å². The Bertz CT molecular complexity index is 484. The van der Waals surface area contributed by atoms with Gasteiger partial charge in [-0.3, -0.25) is 4.79 Å². The summed E-state index contributed by atoms with van der Waals surface area (Å²) < 4.78 is 23.9. The Labute approximate surface area is 124 Å². The summed E-state index contributed by atoms with van der Waals surface area (Å²) >= 11 is 0. The number of carbonyl (C=O) groups is 1. The first-order chi connectivity index (χ1) is 10.1. The van der Waals surface area contributed by atoms with Crippen molar-refractivity contribution in [1.82, 2.24) is 10.2 Å². The summed E-state index contributed by atoms with van der Waals surface area (Å²) in [5.74, 6) is -0.185. The van der Waals surface area contributed by atoms with E-state index in [0.29, 0.717) is 19.5 Å². The van der Waals surface area contributed by atoms with E-state index < -0.39 is 5.82 Å². The summed E-state index contributed by atoms with van der Waals surface area (Å²) in [5.41, 5.74) is 0. The van der Waals surface area contributed by atoms with E-state index >= 15 is 0 Å². The molecule has 0 radical (unpaired) electrons. The predicted octanol–water partition coefficient (Wildman–Crippen LogP) is 1.04. The highest BCUT2D eigenvalue weighted by molar-refractivity contribution is 5.82. The van der Waals surface area contributed by atoms with Gasteiger partial charge >= 0.3 is 0 Å². The quantitative estimate of drug-likeness (QED) is 0.852. The van der Waals surface area contributed by atoms with Crippen LogP contribution in [-0.4, -0.2) is 56.8 Å². The van der Waals surface area contributed by atoms with Crippen molar-refractivity contribution in [2.24, 2.45) is 0 Å². The van der Waals surface area contributed by atoms with Gasteiger partial charge in [0.15, 0.2) is 11.6 Å². The molecule has 116 valence electrons. The molecule has 0 spiro atoms. The maximum absolute atomic E-state index is 13.4. The van der Waals surface area contributed by atoms with Crippen molar-refractivity contribution in [3.63, 3.8) is 0 Å². The molecule has 1 amide bonds. The molecule has 0 aliphatic carbocycles. The second-order valence-electron chi connectivity index (χ2n) is 5.09. The highest BCUT2D eigenvalue weighted by Crippen LogP contribution is 2.15. The van der Waals surface area contributed by atoms with E-state index in [-0.39, 0.29) is 30.4 Å². The average Bonchev–Trinajstić information content (AvgIpc) is 2.97. The molecule has 0 bridgehead atoms. The van der Waals surface area contributed by atoms with Gasteiger partial charge in [-0.2, -0.15) is 0 Å². The first-order valence-electron chi connectivity index (χ1n) is 7.00. The number of benzene rings is 1. The molecule has 1 fully saturated rings. The second-order valence-corrected chi connectivity index (χ2v) is 5.09. The highest BCUT2D eigenvalue weighted by Gasteiger charge is 2.30. The molecule has 1 saturated heterocycles. The average molecular weight is 296 g/mol. The molecule has 21 heavy (non-hydrogen) atoms. The second kappa shape index (κ2) is 7.38. The van der Waals surface area contributed by atoms with Gasteiger partial charge in [-0.1, -0.05) is 12.1 Å². The van der Waals surface area contributed by atoms with Crippen molar-refractivity contribution in [2.75, 3.05) is 33.9 Å². The molecule has 0 saturated carbocycles. The van der Waals surface area contributed by atoms with Gasteiger partial charge in [0.25, 0.3) is 0 Å². The topological polar surface area (TPSA) is 50.8 Å². The lowest BCUT2D eigenvalue weighted by molar-refractivity contribution is -0.132. The molecule has 1 N–H and O–H groups in total. The van der Waals surface area contributed by atoms with Crippen LogP contribution in [-0.2, 0) is 9.53 Å². The monoisotopic (exact) mass is 296 g/mol. The van der Waals surface area contributed by atoms with E-state index in [1.54, 1.807) is 37.3 Å². The van der Waals surface area contributed by atoms with Crippen LogP contribution in [0.1, 0.15) is 6.42 Å². The normalized spacial score (nSPS) is 21.3. The fourth-order valence-corrected chi connectivity index (χ4v) is 2.30. The largest absolute Gasteiger partial charge is 0.489 e. The van der Waals surface area contributed by atoms with Crippen LogP contribution in [0, 0.1) is 5.82 Å². The lowest BCUT2D eigenvalue weighted by Crippen LogP contribution is -2.43. The third-order valence-electron chi connectivity index (χ3n) is 3.62.